The zero-order valence-corrected chi connectivity index (χ0v) is 20.2. The van der Waals surface area contributed by atoms with Gasteiger partial charge >= 0.3 is 6.03 Å². The van der Waals surface area contributed by atoms with E-state index in [2.05, 4.69) is 40.0 Å². The molecule has 1 radical (unpaired) electrons. The molecule has 1 aliphatic carbocycles. The third-order valence-corrected chi connectivity index (χ3v) is 6.62. The number of urea groups is 1. The highest BCUT2D eigenvalue weighted by atomic mass is 35.5. The van der Waals surface area contributed by atoms with Gasteiger partial charge in [0.05, 0.1) is 22.6 Å². The topological polar surface area (TPSA) is 91.8 Å². The monoisotopic (exact) mass is 481 g/mol. The number of carbonyl (C=O) groups excluding carboxylic acids is 1. The van der Waals surface area contributed by atoms with Gasteiger partial charge in [-0.2, -0.15) is 0 Å². The quantitative estimate of drug-likeness (QED) is 0.368. The normalized spacial score (nSPS) is 15.8. The number of benzene rings is 1. The molecular weight excluding hydrogens is 454 g/mol. The summed E-state index contributed by atoms with van der Waals surface area (Å²) in [6.07, 6.45) is 10.1. The Morgan fingerprint density at radius 1 is 1.09 bits per heavy atom. The summed E-state index contributed by atoms with van der Waals surface area (Å²) < 4.78 is 13.3. The van der Waals surface area contributed by atoms with Gasteiger partial charge in [0.25, 0.3) is 0 Å². The first-order chi connectivity index (χ1) is 16.4. The average molecular weight is 482 g/mol. The molecule has 0 spiro atoms. The van der Waals surface area contributed by atoms with E-state index in [1.165, 1.54) is 50.3 Å². The van der Waals surface area contributed by atoms with Crippen LogP contribution in [0.3, 0.4) is 0 Å². The number of pyridine rings is 1. The summed E-state index contributed by atoms with van der Waals surface area (Å²) in [5.74, 6) is 0.150. The zero-order chi connectivity index (χ0) is 24.1. The molecule has 1 fully saturated rings. The molecule has 2 heterocycles. The summed E-state index contributed by atoms with van der Waals surface area (Å²) in [5.41, 5.74) is 2.49. The number of anilines is 3. The molecular formula is C24H28BClFN6O. The van der Waals surface area contributed by atoms with Gasteiger partial charge in [0.2, 0.25) is 0 Å². The van der Waals surface area contributed by atoms with Crippen LogP contribution in [0.25, 0.3) is 11.2 Å². The van der Waals surface area contributed by atoms with Crippen LogP contribution in [0.2, 0.25) is 11.8 Å². The number of fused-ring (bicyclic) bond motifs is 1. The summed E-state index contributed by atoms with van der Waals surface area (Å²) in [4.78, 5) is 26.2. The van der Waals surface area contributed by atoms with E-state index in [0.29, 0.717) is 34.1 Å². The number of hydrogen-bond donors (Lipinski definition) is 3. The third-order valence-electron chi connectivity index (χ3n) is 6.33. The molecule has 3 aromatic rings. The molecule has 0 saturated heterocycles. The molecule has 3 N–H and O–H groups in total. The lowest BCUT2D eigenvalue weighted by Crippen LogP contribution is -2.44. The Bertz CT molecular complexity index is 1190. The molecule has 1 aliphatic rings. The van der Waals surface area contributed by atoms with Crippen molar-refractivity contribution in [2.24, 2.45) is 0 Å². The molecule has 0 aliphatic heterocycles. The molecule has 0 unspecified atom stereocenters. The summed E-state index contributed by atoms with van der Waals surface area (Å²) in [5, 5.41) is 8.94. The van der Waals surface area contributed by atoms with E-state index in [-0.39, 0.29) is 10.5 Å². The van der Waals surface area contributed by atoms with Gasteiger partial charge < -0.3 is 16.0 Å². The fourth-order valence-electron chi connectivity index (χ4n) is 4.36. The van der Waals surface area contributed by atoms with Crippen LogP contribution in [-0.2, 0) is 0 Å². The van der Waals surface area contributed by atoms with Crippen molar-refractivity contribution in [2.75, 3.05) is 16.0 Å². The second kappa shape index (κ2) is 10.6. The highest BCUT2D eigenvalue weighted by Crippen LogP contribution is 2.29. The van der Waals surface area contributed by atoms with Crippen LogP contribution >= 0.6 is 11.6 Å². The third kappa shape index (κ3) is 5.76. The van der Waals surface area contributed by atoms with Gasteiger partial charge in [-0.15, -0.1) is 0 Å². The SMILES string of the molecule is C[B]C1(Nc2cnc3cc(NC(=O)Nc4ccc(F)c(Cl)c4)c(C)nc3n2)CCCCCCC1. The van der Waals surface area contributed by atoms with E-state index in [1.54, 1.807) is 19.2 Å². The van der Waals surface area contributed by atoms with Crippen molar-refractivity contribution >= 4 is 53.3 Å². The molecule has 4 rings (SSSR count). The highest BCUT2D eigenvalue weighted by molar-refractivity contribution is 6.39. The number of halogens is 2. The zero-order valence-electron chi connectivity index (χ0n) is 19.4. The summed E-state index contributed by atoms with van der Waals surface area (Å²) in [6, 6.07) is 5.21. The van der Waals surface area contributed by atoms with Crippen LogP contribution in [0.4, 0.5) is 26.4 Å². The lowest BCUT2D eigenvalue weighted by Gasteiger charge is -2.36. The minimum absolute atomic E-state index is 0.0668. The maximum atomic E-state index is 13.3. The van der Waals surface area contributed by atoms with Gasteiger partial charge in [-0.05, 0) is 44.0 Å². The van der Waals surface area contributed by atoms with Crippen molar-refractivity contribution in [1.29, 1.82) is 0 Å². The van der Waals surface area contributed by atoms with E-state index in [1.807, 2.05) is 0 Å². The van der Waals surface area contributed by atoms with E-state index >= 15 is 0 Å². The van der Waals surface area contributed by atoms with Crippen molar-refractivity contribution in [3.05, 3.63) is 47.0 Å². The van der Waals surface area contributed by atoms with Crippen LogP contribution in [-0.4, -0.2) is 33.7 Å². The second-order valence-electron chi connectivity index (χ2n) is 8.76. The summed E-state index contributed by atoms with van der Waals surface area (Å²) in [6.45, 7) is 3.90. The number of aromatic nitrogens is 3. The standard InChI is InChI=1S/C24H28BClFN6O/c1-15-19(31-23(34)30-16-8-9-18(27)17(26)12-16)13-20-22(29-15)32-21(14-28-20)33-24(25-2)10-6-4-3-5-7-11-24/h8-9,12-14H,3-7,10-11H2,1-2H3,(H,29,32,33)(H2,30,31,34). The minimum atomic E-state index is -0.549. The number of rotatable bonds is 5. The van der Waals surface area contributed by atoms with Gasteiger partial charge in [0.15, 0.2) is 5.65 Å². The van der Waals surface area contributed by atoms with E-state index < -0.39 is 11.8 Å². The van der Waals surface area contributed by atoms with Crippen molar-refractivity contribution in [3.63, 3.8) is 0 Å². The lowest BCUT2D eigenvalue weighted by atomic mass is 9.55. The first-order valence-corrected chi connectivity index (χ1v) is 12.0. The largest absolute Gasteiger partial charge is 0.371 e. The average Bonchev–Trinajstić information content (AvgIpc) is 2.79. The Hall–Kier alpha value is -2.94. The molecule has 177 valence electrons. The molecule has 0 bridgehead atoms. The number of nitrogens with one attached hydrogen (secondary N) is 3. The Balaban J connectivity index is 1.49. The Labute approximate surface area is 204 Å². The number of amides is 2. The summed E-state index contributed by atoms with van der Waals surface area (Å²) >= 11 is 5.78. The van der Waals surface area contributed by atoms with Gasteiger partial charge in [0.1, 0.15) is 24.4 Å². The maximum Gasteiger partial charge on any atom is 0.323 e. The number of nitrogens with zero attached hydrogens (tertiary/aromatic N) is 3. The molecule has 34 heavy (non-hydrogen) atoms. The van der Waals surface area contributed by atoms with Gasteiger partial charge in [-0.3, -0.25) is 0 Å². The smallest absolute Gasteiger partial charge is 0.323 e. The lowest BCUT2D eigenvalue weighted by molar-refractivity contribution is 0.262. The predicted molar refractivity (Wildman–Crippen MR) is 136 cm³/mol. The Morgan fingerprint density at radius 3 is 2.53 bits per heavy atom. The number of carbonyl (C=O) groups is 1. The first kappa shape index (κ1) is 24.2. The Kier molecular flexibility index (Phi) is 7.51. The van der Waals surface area contributed by atoms with Crippen molar-refractivity contribution < 1.29 is 9.18 Å². The fraction of sp³-hybridized carbons (Fsp3) is 0.417. The fourth-order valence-corrected chi connectivity index (χ4v) is 4.54. The molecule has 1 aromatic carbocycles. The van der Waals surface area contributed by atoms with Crippen molar-refractivity contribution in [3.8, 4) is 0 Å². The van der Waals surface area contributed by atoms with Crippen LogP contribution in [0.1, 0.15) is 50.6 Å². The summed E-state index contributed by atoms with van der Waals surface area (Å²) in [7, 11) is 2.25. The molecule has 2 aromatic heterocycles. The number of aryl methyl sites for hydroxylation is 1. The first-order valence-electron chi connectivity index (χ1n) is 11.6. The van der Waals surface area contributed by atoms with Crippen LogP contribution in [0.15, 0.2) is 30.5 Å². The van der Waals surface area contributed by atoms with Crippen LogP contribution < -0.4 is 16.0 Å². The molecule has 0 atom stereocenters. The van der Waals surface area contributed by atoms with E-state index in [4.69, 9.17) is 16.6 Å². The molecule has 1 saturated carbocycles. The highest BCUT2D eigenvalue weighted by Gasteiger charge is 2.29. The Morgan fingerprint density at radius 2 is 1.82 bits per heavy atom. The van der Waals surface area contributed by atoms with Crippen molar-refractivity contribution in [2.45, 2.75) is 64.1 Å². The van der Waals surface area contributed by atoms with E-state index in [0.717, 1.165) is 12.8 Å². The molecule has 10 heteroatoms. The van der Waals surface area contributed by atoms with Gasteiger partial charge in [-0.1, -0.05) is 50.5 Å². The van der Waals surface area contributed by atoms with Gasteiger partial charge in [0, 0.05) is 11.1 Å². The predicted octanol–water partition coefficient (Wildman–Crippen LogP) is 6.37. The van der Waals surface area contributed by atoms with E-state index in [9.17, 15) is 9.18 Å². The molecule has 2 amide bonds. The minimum Gasteiger partial charge on any atom is -0.371 e. The van der Waals surface area contributed by atoms with Crippen LogP contribution in [0, 0.1) is 12.7 Å². The molecule has 7 nitrogen and oxygen atoms in total. The van der Waals surface area contributed by atoms with Crippen LogP contribution in [0.5, 0.6) is 0 Å². The number of hydrogen-bond acceptors (Lipinski definition) is 5. The van der Waals surface area contributed by atoms with Crippen molar-refractivity contribution in [1.82, 2.24) is 15.0 Å². The van der Waals surface area contributed by atoms with Gasteiger partial charge in [-0.25, -0.2) is 24.1 Å². The maximum absolute atomic E-state index is 13.3. The second-order valence-corrected chi connectivity index (χ2v) is 9.17.